The van der Waals surface area contributed by atoms with Crippen molar-refractivity contribution < 1.29 is 14.6 Å². The van der Waals surface area contributed by atoms with Crippen LogP contribution in [0.5, 0.6) is 11.5 Å². The zero-order valence-electron chi connectivity index (χ0n) is 14.0. The van der Waals surface area contributed by atoms with Crippen molar-refractivity contribution in [2.45, 2.75) is 13.5 Å². The minimum atomic E-state index is -0.216. The number of fused-ring (bicyclic) bond motifs is 1. The molecule has 4 N–H and O–H groups in total. The van der Waals surface area contributed by atoms with Gasteiger partial charge in [0.05, 0.1) is 24.2 Å². The molecule has 0 aliphatic heterocycles. The third-order valence-corrected chi connectivity index (χ3v) is 3.67. The lowest BCUT2D eigenvalue weighted by Gasteiger charge is -2.13. The zero-order chi connectivity index (χ0) is 17.6. The number of rotatable bonds is 8. The summed E-state index contributed by atoms with van der Waals surface area (Å²) in [7, 11) is 0. The van der Waals surface area contributed by atoms with Gasteiger partial charge in [-0.05, 0) is 42.8 Å². The number of imidazole rings is 1. The van der Waals surface area contributed by atoms with Crippen molar-refractivity contribution in [3.8, 4) is 11.5 Å². The molecule has 0 unspecified atom stereocenters. The number of nitrogens with one attached hydrogen (secondary N) is 3. The van der Waals surface area contributed by atoms with Gasteiger partial charge in [-0.3, -0.25) is 0 Å². The van der Waals surface area contributed by atoms with Crippen LogP contribution >= 0.6 is 0 Å². The summed E-state index contributed by atoms with van der Waals surface area (Å²) < 4.78 is 11.1. The molecule has 132 valence electrons. The highest BCUT2D eigenvalue weighted by Gasteiger charge is 2.07. The molecule has 0 saturated carbocycles. The van der Waals surface area contributed by atoms with Gasteiger partial charge in [0.15, 0.2) is 11.5 Å². The maximum Gasteiger partial charge on any atom is 0.323 e. The highest BCUT2D eigenvalue weighted by molar-refractivity contribution is 5.78. The van der Waals surface area contributed by atoms with Gasteiger partial charge < -0.3 is 29.9 Å². The summed E-state index contributed by atoms with van der Waals surface area (Å²) in [6, 6.07) is 11.3. The molecule has 0 spiro atoms. The lowest BCUT2D eigenvalue weighted by molar-refractivity contribution is 0.194. The van der Waals surface area contributed by atoms with E-state index in [1.807, 2.05) is 43.3 Å². The Balaban J connectivity index is 1.72. The van der Waals surface area contributed by atoms with Crippen molar-refractivity contribution in [2.75, 3.05) is 25.1 Å². The number of H-pyrrole nitrogens is 2. The van der Waals surface area contributed by atoms with Crippen LogP contribution in [0, 0.1) is 0 Å². The highest BCUT2D eigenvalue weighted by atomic mass is 16.5. The Morgan fingerprint density at radius 2 is 1.88 bits per heavy atom. The topological polar surface area (TPSA) is 99.4 Å². The van der Waals surface area contributed by atoms with E-state index in [2.05, 4.69) is 15.3 Å². The Morgan fingerprint density at radius 1 is 1.04 bits per heavy atom. The number of hydrogen-bond acceptors (Lipinski definition) is 5. The Bertz CT molecular complexity index is 901. The van der Waals surface area contributed by atoms with Gasteiger partial charge >= 0.3 is 5.69 Å². The molecule has 0 atom stereocenters. The fourth-order valence-corrected chi connectivity index (χ4v) is 2.55. The average Bonchev–Trinajstić information content (AvgIpc) is 2.98. The standard InChI is InChI=1S/C18H21N3O4/c1-2-24-17-9-12(3-6-16(17)25-8-7-22)11-19-13-4-5-14-15(10-13)21-18(23)20-14/h3-6,9-10,19,22H,2,7-8,11H2,1H3,(H2,20,21,23). The first-order chi connectivity index (χ1) is 12.2. The fourth-order valence-electron chi connectivity index (χ4n) is 2.55. The molecule has 25 heavy (non-hydrogen) atoms. The van der Waals surface area contributed by atoms with Crippen LogP contribution in [-0.4, -0.2) is 34.9 Å². The number of aromatic amines is 2. The molecule has 3 aromatic rings. The van der Waals surface area contributed by atoms with Crippen LogP contribution in [0.2, 0.25) is 0 Å². The van der Waals surface area contributed by atoms with Gasteiger partial charge in [0, 0.05) is 12.2 Å². The molecule has 2 aromatic carbocycles. The zero-order valence-corrected chi connectivity index (χ0v) is 14.0. The molecule has 0 radical (unpaired) electrons. The number of benzene rings is 2. The molecule has 7 nitrogen and oxygen atoms in total. The van der Waals surface area contributed by atoms with Crippen LogP contribution in [-0.2, 0) is 6.54 Å². The van der Waals surface area contributed by atoms with E-state index < -0.39 is 0 Å². The number of aliphatic hydroxyl groups is 1. The molecule has 0 aliphatic rings. The van der Waals surface area contributed by atoms with Gasteiger partial charge in [0.2, 0.25) is 0 Å². The first kappa shape index (κ1) is 16.9. The van der Waals surface area contributed by atoms with E-state index in [1.165, 1.54) is 0 Å². The van der Waals surface area contributed by atoms with Crippen molar-refractivity contribution in [3.63, 3.8) is 0 Å². The predicted octanol–water partition coefficient (Wildman–Crippen LogP) is 2.24. The van der Waals surface area contributed by atoms with Gasteiger partial charge in [-0.25, -0.2) is 4.79 Å². The van der Waals surface area contributed by atoms with Crippen molar-refractivity contribution in [3.05, 3.63) is 52.4 Å². The van der Waals surface area contributed by atoms with Crippen LogP contribution in [0.4, 0.5) is 5.69 Å². The molecule has 1 aromatic heterocycles. The van der Waals surface area contributed by atoms with Gasteiger partial charge in [0.25, 0.3) is 0 Å². The maximum absolute atomic E-state index is 11.3. The molecule has 0 saturated heterocycles. The second-order valence-corrected chi connectivity index (χ2v) is 5.48. The fraction of sp³-hybridized carbons (Fsp3) is 0.278. The highest BCUT2D eigenvalue weighted by Crippen LogP contribution is 2.29. The van der Waals surface area contributed by atoms with Crippen LogP contribution in [0.25, 0.3) is 11.0 Å². The monoisotopic (exact) mass is 343 g/mol. The van der Waals surface area contributed by atoms with E-state index >= 15 is 0 Å². The van der Waals surface area contributed by atoms with Gasteiger partial charge in [-0.1, -0.05) is 6.07 Å². The van der Waals surface area contributed by atoms with Crippen molar-refractivity contribution in [1.29, 1.82) is 0 Å². The van der Waals surface area contributed by atoms with Crippen molar-refractivity contribution in [1.82, 2.24) is 9.97 Å². The van der Waals surface area contributed by atoms with Crippen LogP contribution < -0.4 is 20.5 Å². The van der Waals surface area contributed by atoms with Gasteiger partial charge in [0.1, 0.15) is 6.61 Å². The molecule has 1 heterocycles. The normalized spacial score (nSPS) is 10.8. The summed E-state index contributed by atoms with van der Waals surface area (Å²) in [4.78, 5) is 16.8. The summed E-state index contributed by atoms with van der Waals surface area (Å²) in [6.07, 6.45) is 0. The summed E-state index contributed by atoms with van der Waals surface area (Å²) >= 11 is 0. The predicted molar refractivity (Wildman–Crippen MR) is 96.4 cm³/mol. The maximum atomic E-state index is 11.3. The van der Waals surface area contributed by atoms with Gasteiger partial charge in [-0.15, -0.1) is 0 Å². The number of anilines is 1. The largest absolute Gasteiger partial charge is 0.490 e. The molecule has 0 amide bonds. The van der Waals surface area contributed by atoms with E-state index in [0.717, 1.165) is 22.3 Å². The van der Waals surface area contributed by atoms with Crippen LogP contribution in [0.1, 0.15) is 12.5 Å². The molecular formula is C18H21N3O4. The minimum Gasteiger partial charge on any atom is -0.490 e. The summed E-state index contributed by atoms with van der Waals surface area (Å²) in [5, 5.41) is 12.2. The van der Waals surface area contributed by atoms with E-state index in [4.69, 9.17) is 14.6 Å². The number of ether oxygens (including phenoxy) is 2. The first-order valence-electron chi connectivity index (χ1n) is 8.15. The Morgan fingerprint density at radius 3 is 2.68 bits per heavy atom. The smallest absolute Gasteiger partial charge is 0.323 e. The van der Waals surface area contributed by atoms with E-state index in [1.54, 1.807) is 0 Å². The molecule has 3 rings (SSSR count). The minimum absolute atomic E-state index is 0.0431. The number of aliphatic hydroxyl groups excluding tert-OH is 1. The lowest BCUT2D eigenvalue weighted by Crippen LogP contribution is -2.05. The molecular weight excluding hydrogens is 322 g/mol. The van der Waals surface area contributed by atoms with Gasteiger partial charge in [-0.2, -0.15) is 0 Å². The molecule has 7 heteroatoms. The van der Waals surface area contributed by atoms with Crippen molar-refractivity contribution >= 4 is 16.7 Å². The third-order valence-electron chi connectivity index (χ3n) is 3.67. The molecule has 0 bridgehead atoms. The average molecular weight is 343 g/mol. The third kappa shape index (κ3) is 4.13. The summed E-state index contributed by atoms with van der Waals surface area (Å²) in [5.41, 5.74) is 3.26. The van der Waals surface area contributed by atoms with Crippen molar-refractivity contribution in [2.24, 2.45) is 0 Å². The Labute approximate surface area is 144 Å². The first-order valence-corrected chi connectivity index (χ1v) is 8.15. The number of aromatic nitrogens is 2. The summed E-state index contributed by atoms with van der Waals surface area (Å²) in [6.45, 7) is 3.23. The van der Waals surface area contributed by atoms with E-state index in [9.17, 15) is 4.79 Å². The Hall–Kier alpha value is -2.93. The van der Waals surface area contributed by atoms with Crippen LogP contribution in [0.15, 0.2) is 41.2 Å². The summed E-state index contributed by atoms with van der Waals surface area (Å²) in [5.74, 6) is 1.27. The SMILES string of the molecule is CCOc1cc(CNc2ccc3[nH]c(=O)[nH]c3c2)ccc1OCCO. The van der Waals surface area contributed by atoms with Crippen LogP contribution in [0.3, 0.4) is 0 Å². The Kier molecular flexibility index (Phi) is 5.25. The molecule has 0 aliphatic carbocycles. The quantitative estimate of drug-likeness (QED) is 0.503. The van der Waals surface area contributed by atoms with E-state index in [-0.39, 0.29) is 18.9 Å². The lowest BCUT2D eigenvalue weighted by atomic mass is 10.2. The molecule has 0 fully saturated rings. The number of hydrogen-bond donors (Lipinski definition) is 4. The second-order valence-electron chi connectivity index (χ2n) is 5.48. The van der Waals surface area contributed by atoms with E-state index in [0.29, 0.717) is 24.7 Å². The second kappa shape index (κ2) is 7.76.